The molecule has 16 N–H and O–H groups in total. The molecule has 1 aliphatic rings. The Morgan fingerprint density at radius 2 is 1.07 bits per heavy atom. The monoisotopic (exact) mass is 1100 g/mol. The third-order valence-electron chi connectivity index (χ3n) is 8.59. The van der Waals surface area contributed by atoms with Crippen LogP contribution in [0, 0.1) is 9.41 Å². The first-order valence-electron chi connectivity index (χ1n) is 18.8. The van der Waals surface area contributed by atoms with Crippen LogP contribution in [0.2, 0.25) is 0 Å². The number of aliphatic hydroxyl groups is 3. The number of Topliss-reactive ketones (excluding diaryl/α,β-unsaturated/α-hetero) is 1. The van der Waals surface area contributed by atoms with E-state index in [0.29, 0.717) is 40.3 Å². The average molecular weight is 1100 g/mol. The maximum Gasteiger partial charge on any atom is 0.280 e. The van der Waals surface area contributed by atoms with E-state index < -0.39 is 39.8 Å². The predicted octanol–water partition coefficient (Wildman–Crippen LogP) is 4.91. The highest BCUT2D eigenvalue weighted by Gasteiger charge is 2.40. The number of anilines is 5. The summed E-state index contributed by atoms with van der Waals surface area (Å²) in [4.78, 5) is 85.3. The molecule has 68 heavy (non-hydrogen) atoms. The fourth-order valence-electron chi connectivity index (χ4n) is 5.65. The Morgan fingerprint density at radius 3 is 1.62 bits per heavy atom. The van der Waals surface area contributed by atoms with E-state index >= 15 is 0 Å². The molecule has 358 valence electrons. The highest BCUT2D eigenvalue weighted by Crippen LogP contribution is 2.43. The van der Waals surface area contributed by atoms with Crippen molar-refractivity contribution in [2.45, 2.75) is 64.6 Å². The molecule has 0 amide bonds. The molecule has 0 fully saturated rings. The summed E-state index contributed by atoms with van der Waals surface area (Å²) in [5.41, 5.74) is 23.8. The van der Waals surface area contributed by atoms with E-state index in [1.54, 1.807) is 27.7 Å². The lowest BCUT2D eigenvalue weighted by Crippen LogP contribution is -2.38. The van der Waals surface area contributed by atoms with Gasteiger partial charge >= 0.3 is 0 Å². The van der Waals surface area contributed by atoms with E-state index in [1.807, 2.05) is 13.8 Å². The summed E-state index contributed by atoms with van der Waals surface area (Å²) in [6.07, 6.45) is 1.62. The predicted molar refractivity (Wildman–Crippen MR) is 275 cm³/mol. The second-order valence-corrected chi connectivity index (χ2v) is 25.0. The molecule has 0 aliphatic carbocycles. The van der Waals surface area contributed by atoms with Crippen LogP contribution in [0.15, 0.2) is 26.8 Å². The number of carbonyl (C=O) groups is 1. The number of ether oxygens (including phenoxy) is 1. The van der Waals surface area contributed by atoms with Crippen LogP contribution >= 0.6 is 105 Å². The van der Waals surface area contributed by atoms with Crippen LogP contribution in [-0.4, -0.2) is 77.2 Å². The largest absolute Gasteiger partial charge is 0.391 e. The smallest absolute Gasteiger partial charge is 0.280 e. The molecule has 0 saturated heterocycles. The van der Waals surface area contributed by atoms with Crippen LogP contribution < -0.4 is 45.3 Å². The lowest BCUT2D eigenvalue weighted by atomic mass is 10.0. The lowest BCUT2D eigenvalue weighted by Gasteiger charge is -2.31. The van der Waals surface area contributed by atoms with Crippen LogP contribution in [0.3, 0.4) is 0 Å². The van der Waals surface area contributed by atoms with Gasteiger partial charge in [-0.15, -0.1) is 68.0 Å². The Hall–Kier alpha value is -5.36. The van der Waals surface area contributed by atoms with Crippen molar-refractivity contribution in [1.29, 1.82) is 0 Å². The topological polar surface area (TPSA) is 406 Å². The molecule has 9 heterocycles. The molecule has 1 unspecified atom stereocenters. The normalized spacial score (nSPS) is 14.2. The molecule has 0 spiro atoms. The zero-order chi connectivity index (χ0) is 50.4. The third-order valence-corrected chi connectivity index (χ3v) is 17.5. The van der Waals surface area contributed by atoms with Gasteiger partial charge in [0.25, 0.3) is 16.7 Å². The van der Waals surface area contributed by atoms with Gasteiger partial charge in [0.05, 0.1) is 52.9 Å². The number of carbonyl (C=O) groups excluding carboxylic acids is 1. The van der Waals surface area contributed by atoms with Crippen LogP contribution in [0.1, 0.15) is 65.8 Å². The zero-order valence-electron chi connectivity index (χ0n) is 35.8. The van der Waals surface area contributed by atoms with Gasteiger partial charge in [-0.25, -0.2) is 19.9 Å². The van der Waals surface area contributed by atoms with Crippen LogP contribution in [-0.2, 0) is 21.5 Å². The highest BCUT2D eigenvalue weighted by molar-refractivity contribution is 7.77. The molecular weight excluding hydrogens is 1060 g/mol. The molecule has 9 rings (SSSR count). The molecule has 1 atom stereocenters. The summed E-state index contributed by atoms with van der Waals surface area (Å²) in [5.74, 6) is -0.484. The van der Waals surface area contributed by atoms with Crippen molar-refractivity contribution in [3.63, 3.8) is 0 Å². The van der Waals surface area contributed by atoms with Crippen LogP contribution in [0.4, 0.5) is 29.4 Å². The first-order valence-corrected chi connectivity index (χ1v) is 24.9. The highest BCUT2D eigenvalue weighted by atomic mass is 32.2. The molecule has 23 nitrogen and oxygen atoms in total. The van der Waals surface area contributed by atoms with Crippen molar-refractivity contribution in [2.75, 3.05) is 28.7 Å². The molecule has 8 aromatic heterocycles. The Balaban J connectivity index is 0.000000156. The molecule has 32 heteroatoms. The van der Waals surface area contributed by atoms with Crippen molar-refractivity contribution >= 4 is 162 Å². The maximum absolute atomic E-state index is 11.9. The van der Waals surface area contributed by atoms with Crippen molar-refractivity contribution in [2.24, 2.45) is 0 Å². The average Bonchev–Trinajstić information content (AvgIpc) is 3.96. The second-order valence-electron chi connectivity index (χ2n) is 15.3. The van der Waals surface area contributed by atoms with Gasteiger partial charge in [-0.1, -0.05) is 36.7 Å². The van der Waals surface area contributed by atoms with Gasteiger partial charge in [0, 0.05) is 0 Å². The maximum atomic E-state index is 11.9. The summed E-state index contributed by atoms with van der Waals surface area (Å²) in [7, 11) is 0. The van der Waals surface area contributed by atoms with Gasteiger partial charge in [0.15, 0.2) is 28.1 Å². The SMILES string of the molecule is CC(C)(O)c1sc(=S)sc1-c1cnc2c(=O)[nH]c(N)nc2n1.CC(C)(O)c1sc(=S)sc1-c1cnc2nc(N)[nH]c(=O)c2n1.CC1(C)OC(O)C(=O)c2sc(=S)sc21.Nc1nc(N)c(N)c(=O)[nH]1. The molecule has 0 saturated carbocycles. The van der Waals surface area contributed by atoms with E-state index in [9.17, 15) is 34.5 Å². The third kappa shape index (κ3) is 11.7. The molecule has 8 aromatic rings. The van der Waals surface area contributed by atoms with Crippen molar-refractivity contribution in [1.82, 2.24) is 49.8 Å². The molecule has 0 bridgehead atoms. The fraction of sp³-hybridized carbons (Fsp3) is 0.278. The Kier molecular flexibility index (Phi) is 15.2. The number of hydrogen-bond acceptors (Lipinski definition) is 29. The van der Waals surface area contributed by atoms with Gasteiger partial charge in [-0.2, -0.15) is 15.0 Å². The van der Waals surface area contributed by atoms with Gasteiger partial charge in [0.1, 0.15) is 32.1 Å². The Bertz CT molecular complexity index is 3610. The number of fused-ring (bicyclic) bond motifs is 3. The number of nitrogen functional groups attached to an aromatic ring is 5. The summed E-state index contributed by atoms with van der Waals surface area (Å²) >= 11 is 23.4. The van der Waals surface area contributed by atoms with E-state index in [-0.39, 0.29) is 57.5 Å². The number of aromatic nitrogens is 10. The number of hydrogen-bond donors (Lipinski definition) is 11. The van der Waals surface area contributed by atoms with E-state index in [2.05, 4.69) is 49.8 Å². The standard InChI is InChI=1S/2C12H11N5O2S3.C8H8O3S3.C4H7N5O/c1-12(2,19)7-6(21-11(20)22-7)4-3-14-8-5(15-4)9(18)17-10(13)16-8;1-12(2,19)7-6(21-11(20)22-7)4-3-14-5-8(15-4)16-10(13)17-9(5)18;1-8(2)5-4(13-7(12)14-5)3(9)6(10)11-8;5-1-2(6)8-4(7)9-3(1)10/h3,19H,1-2H3,(H3,13,14,16,17,18);3,19H,1-2H3,(H3,13,15,16,17,18);6,10H,1-2H3;5H2,(H5,6,7,8,9,10). The minimum absolute atomic E-state index is 0.0112. The van der Waals surface area contributed by atoms with Gasteiger partial charge < -0.3 is 48.7 Å². The summed E-state index contributed by atoms with van der Waals surface area (Å²) < 4.78 is 7.23. The van der Waals surface area contributed by atoms with Gasteiger partial charge in [-0.05, 0) is 41.5 Å². The quantitative estimate of drug-likeness (QED) is 0.104. The number of rotatable bonds is 4. The van der Waals surface area contributed by atoms with E-state index in [0.717, 1.165) is 9.75 Å². The molecule has 1 aliphatic heterocycles. The van der Waals surface area contributed by atoms with Crippen molar-refractivity contribution in [3.05, 3.63) is 72.4 Å². The van der Waals surface area contributed by atoms with Crippen molar-refractivity contribution in [3.8, 4) is 21.1 Å². The van der Waals surface area contributed by atoms with Crippen molar-refractivity contribution < 1.29 is 24.9 Å². The molecular formula is C36H37N15O8S9. The fourth-order valence-corrected chi connectivity index (χ4v) is 13.9. The number of ketones is 1. The number of nitrogens with two attached hydrogens (primary N) is 5. The van der Waals surface area contributed by atoms with Crippen LogP contribution in [0.5, 0.6) is 0 Å². The number of aliphatic hydroxyl groups excluding tert-OH is 1. The van der Waals surface area contributed by atoms with E-state index in [4.69, 9.17) is 70.1 Å². The first-order chi connectivity index (χ1) is 31.5. The molecule has 0 radical (unpaired) electrons. The Labute approximate surface area is 420 Å². The molecule has 0 aromatic carbocycles. The number of nitrogens with one attached hydrogen (secondary N) is 3. The van der Waals surface area contributed by atoms with Gasteiger partial charge in [0.2, 0.25) is 29.9 Å². The summed E-state index contributed by atoms with van der Waals surface area (Å²) in [6, 6.07) is 0. The zero-order valence-corrected chi connectivity index (χ0v) is 43.2. The summed E-state index contributed by atoms with van der Waals surface area (Å²) in [6.45, 7) is 10.3. The lowest BCUT2D eigenvalue weighted by molar-refractivity contribution is -0.155. The van der Waals surface area contributed by atoms with E-state index in [1.165, 1.54) is 80.4 Å². The second kappa shape index (κ2) is 19.9. The first kappa shape index (κ1) is 52.0. The van der Waals surface area contributed by atoms with Crippen LogP contribution in [0.25, 0.3) is 43.5 Å². The minimum atomic E-state index is -1.35. The Morgan fingerprint density at radius 1 is 0.618 bits per heavy atom. The minimum Gasteiger partial charge on any atom is -0.391 e. The number of aromatic amines is 3. The number of H-pyrrole nitrogens is 3. The summed E-state index contributed by atoms with van der Waals surface area (Å²) in [5, 5.41) is 29.9. The number of nitrogens with zero attached hydrogens (tertiary/aromatic N) is 7. The van der Waals surface area contributed by atoms with Gasteiger partial charge in [-0.3, -0.25) is 34.1 Å².